The van der Waals surface area contributed by atoms with Gasteiger partial charge in [0.05, 0.1) is 5.54 Å². The molecule has 1 rings (SSSR count). The second-order valence-corrected chi connectivity index (χ2v) is 5.22. The molecule has 1 aromatic rings. The van der Waals surface area contributed by atoms with Crippen LogP contribution in [-0.4, -0.2) is 24.0 Å². The average molecular weight is 248 g/mol. The highest BCUT2D eigenvalue weighted by Gasteiger charge is 2.26. The zero-order valence-electron chi connectivity index (χ0n) is 11.8. The van der Waals surface area contributed by atoms with Gasteiger partial charge in [-0.15, -0.1) is 0 Å². The molecule has 1 aromatic carbocycles. The van der Waals surface area contributed by atoms with Crippen LogP contribution in [-0.2, 0) is 11.2 Å². The molecule has 0 radical (unpaired) electrons. The van der Waals surface area contributed by atoms with Crippen molar-refractivity contribution < 1.29 is 4.79 Å². The Bertz CT molecular complexity index is 373. The van der Waals surface area contributed by atoms with Crippen LogP contribution in [0.1, 0.15) is 33.3 Å². The van der Waals surface area contributed by atoms with Crippen molar-refractivity contribution >= 4 is 5.91 Å². The maximum atomic E-state index is 12.1. The van der Waals surface area contributed by atoms with Gasteiger partial charge in [0.15, 0.2) is 0 Å². The van der Waals surface area contributed by atoms with Crippen molar-refractivity contribution in [3.8, 4) is 0 Å². The Morgan fingerprint density at radius 3 is 2.44 bits per heavy atom. The highest BCUT2D eigenvalue weighted by Crippen LogP contribution is 2.06. The highest BCUT2D eigenvalue weighted by molar-refractivity contribution is 5.85. The largest absolute Gasteiger partial charge is 0.352 e. The average Bonchev–Trinajstić information content (AvgIpc) is 2.29. The monoisotopic (exact) mass is 248 g/mol. The predicted molar refractivity (Wildman–Crippen MR) is 75.5 cm³/mol. The van der Waals surface area contributed by atoms with Crippen molar-refractivity contribution in [3.63, 3.8) is 0 Å². The molecule has 0 aromatic heterocycles. The quantitative estimate of drug-likeness (QED) is 0.809. The van der Waals surface area contributed by atoms with Gasteiger partial charge in [-0.05, 0) is 39.3 Å². The highest BCUT2D eigenvalue weighted by atomic mass is 16.2. The minimum atomic E-state index is -0.514. The molecule has 0 fully saturated rings. The van der Waals surface area contributed by atoms with Gasteiger partial charge in [0.25, 0.3) is 0 Å². The number of likely N-dealkylation sites (N-methyl/N-ethyl adjacent to an activating group) is 1. The third kappa shape index (κ3) is 4.49. The van der Waals surface area contributed by atoms with Crippen LogP contribution < -0.4 is 10.6 Å². The van der Waals surface area contributed by atoms with Gasteiger partial charge in [-0.3, -0.25) is 4.79 Å². The number of hydrogen-bond donors (Lipinski definition) is 2. The minimum absolute atomic E-state index is 0.0489. The molecule has 3 heteroatoms. The summed E-state index contributed by atoms with van der Waals surface area (Å²) in [6.45, 7) is 8.63. The van der Waals surface area contributed by atoms with Crippen molar-refractivity contribution in [3.05, 3.63) is 35.9 Å². The molecule has 0 aliphatic rings. The van der Waals surface area contributed by atoms with Crippen molar-refractivity contribution in [2.45, 2.75) is 45.7 Å². The molecule has 1 atom stereocenters. The van der Waals surface area contributed by atoms with Gasteiger partial charge in [-0.2, -0.15) is 0 Å². The number of benzene rings is 1. The first-order valence-electron chi connectivity index (χ1n) is 6.55. The van der Waals surface area contributed by atoms with E-state index in [1.54, 1.807) is 0 Å². The fourth-order valence-corrected chi connectivity index (χ4v) is 1.95. The second-order valence-electron chi connectivity index (χ2n) is 5.22. The van der Waals surface area contributed by atoms with E-state index in [1.807, 2.05) is 45.9 Å². The molecule has 0 heterocycles. The molecule has 18 heavy (non-hydrogen) atoms. The van der Waals surface area contributed by atoms with Crippen molar-refractivity contribution in [1.82, 2.24) is 10.6 Å². The van der Waals surface area contributed by atoms with E-state index in [2.05, 4.69) is 22.8 Å². The van der Waals surface area contributed by atoms with Crippen LogP contribution in [0.3, 0.4) is 0 Å². The van der Waals surface area contributed by atoms with Gasteiger partial charge in [0.1, 0.15) is 0 Å². The fourth-order valence-electron chi connectivity index (χ4n) is 1.95. The van der Waals surface area contributed by atoms with E-state index in [0.29, 0.717) is 0 Å². The van der Waals surface area contributed by atoms with E-state index >= 15 is 0 Å². The van der Waals surface area contributed by atoms with Crippen molar-refractivity contribution in [1.29, 1.82) is 0 Å². The molecule has 0 bridgehead atoms. The minimum Gasteiger partial charge on any atom is -0.352 e. The molecule has 0 spiro atoms. The number of rotatable bonds is 6. The first-order chi connectivity index (χ1) is 8.45. The third-order valence-electron chi connectivity index (χ3n) is 2.95. The molecule has 0 saturated heterocycles. The van der Waals surface area contributed by atoms with Crippen LogP contribution in [0.2, 0.25) is 0 Å². The van der Waals surface area contributed by atoms with Crippen LogP contribution in [0.25, 0.3) is 0 Å². The lowest BCUT2D eigenvalue weighted by Gasteiger charge is -2.26. The molecule has 100 valence electrons. The first-order valence-corrected chi connectivity index (χ1v) is 6.55. The Balaban J connectivity index is 2.50. The van der Waals surface area contributed by atoms with Gasteiger partial charge >= 0.3 is 0 Å². The smallest absolute Gasteiger partial charge is 0.239 e. The Hall–Kier alpha value is -1.35. The summed E-state index contributed by atoms with van der Waals surface area (Å²) < 4.78 is 0. The normalized spacial score (nSPS) is 13.1. The van der Waals surface area contributed by atoms with Gasteiger partial charge in [0, 0.05) is 6.04 Å². The number of amides is 1. The Labute approximate surface area is 110 Å². The van der Waals surface area contributed by atoms with Gasteiger partial charge in [0.2, 0.25) is 5.91 Å². The molecule has 0 aliphatic carbocycles. The molecule has 0 aliphatic heterocycles. The van der Waals surface area contributed by atoms with Crippen LogP contribution >= 0.6 is 0 Å². The number of carbonyl (C=O) groups is 1. The van der Waals surface area contributed by atoms with Crippen LogP contribution in [0.5, 0.6) is 0 Å². The fraction of sp³-hybridized carbons (Fsp3) is 0.533. The number of hydrogen-bond acceptors (Lipinski definition) is 2. The lowest BCUT2D eigenvalue weighted by molar-refractivity contribution is -0.127. The van der Waals surface area contributed by atoms with Crippen LogP contribution in [0.15, 0.2) is 30.3 Å². The van der Waals surface area contributed by atoms with E-state index in [4.69, 9.17) is 0 Å². The maximum Gasteiger partial charge on any atom is 0.239 e. The third-order valence-corrected chi connectivity index (χ3v) is 2.95. The SMILES string of the molecule is CCNC(C)(C)C(=O)NC(C)Cc1ccccc1. The summed E-state index contributed by atoms with van der Waals surface area (Å²) in [5.41, 5.74) is 0.728. The van der Waals surface area contributed by atoms with Crippen LogP contribution in [0.4, 0.5) is 0 Å². The summed E-state index contributed by atoms with van der Waals surface area (Å²) in [5.74, 6) is 0.0489. The predicted octanol–water partition coefficient (Wildman–Crippen LogP) is 2.12. The summed E-state index contributed by atoms with van der Waals surface area (Å²) in [5, 5.41) is 6.23. The van der Waals surface area contributed by atoms with E-state index in [9.17, 15) is 4.79 Å². The van der Waals surface area contributed by atoms with Crippen molar-refractivity contribution in [2.24, 2.45) is 0 Å². The van der Waals surface area contributed by atoms with Gasteiger partial charge in [-0.1, -0.05) is 37.3 Å². The Kier molecular flexibility index (Phi) is 5.35. The summed E-state index contributed by atoms with van der Waals surface area (Å²) >= 11 is 0. The zero-order chi connectivity index (χ0) is 13.6. The van der Waals surface area contributed by atoms with Crippen molar-refractivity contribution in [2.75, 3.05) is 6.54 Å². The Morgan fingerprint density at radius 1 is 1.28 bits per heavy atom. The molecule has 2 N–H and O–H groups in total. The molecular weight excluding hydrogens is 224 g/mol. The van der Waals surface area contributed by atoms with E-state index in [0.717, 1.165) is 13.0 Å². The first kappa shape index (κ1) is 14.7. The lowest BCUT2D eigenvalue weighted by Crippen LogP contribution is -2.54. The molecular formula is C15H24N2O. The Morgan fingerprint density at radius 2 is 1.89 bits per heavy atom. The van der Waals surface area contributed by atoms with Gasteiger partial charge in [-0.25, -0.2) is 0 Å². The second kappa shape index (κ2) is 6.55. The molecule has 1 unspecified atom stereocenters. The number of carbonyl (C=O) groups excluding carboxylic acids is 1. The van der Waals surface area contributed by atoms with E-state index in [1.165, 1.54) is 5.56 Å². The molecule has 1 amide bonds. The van der Waals surface area contributed by atoms with E-state index in [-0.39, 0.29) is 11.9 Å². The van der Waals surface area contributed by atoms with E-state index < -0.39 is 5.54 Å². The molecule has 0 saturated carbocycles. The summed E-state index contributed by atoms with van der Waals surface area (Å²) in [7, 11) is 0. The van der Waals surface area contributed by atoms with Crippen LogP contribution in [0, 0.1) is 0 Å². The zero-order valence-corrected chi connectivity index (χ0v) is 11.8. The summed E-state index contributed by atoms with van der Waals surface area (Å²) in [6.07, 6.45) is 0.856. The summed E-state index contributed by atoms with van der Waals surface area (Å²) in [4.78, 5) is 12.1. The maximum absolute atomic E-state index is 12.1. The standard InChI is InChI=1S/C15H24N2O/c1-5-16-15(3,4)14(18)17-12(2)11-13-9-7-6-8-10-13/h6-10,12,16H,5,11H2,1-4H3,(H,17,18). The lowest BCUT2D eigenvalue weighted by atomic mass is 10.0. The number of nitrogens with one attached hydrogen (secondary N) is 2. The van der Waals surface area contributed by atoms with Gasteiger partial charge < -0.3 is 10.6 Å². The summed E-state index contributed by atoms with van der Waals surface area (Å²) in [6, 6.07) is 10.3. The topological polar surface area (TPSA) is 41.1 Å². The molecule has 3 nitrogen and oxygen atoms in total.